The molecule has 2 N–H and O–H groups in total. The highest BCUT2D eigenvalue weighted by atomic mass is 31.1. The van der Waals surface area contributed by atoms with E-state index in [1.165, 1.54) is 7.11 Å². The lowest BCUT2D eigenvalue weighted by atomic mass is 9.90. The van der Waals surface area contributed by atoms with E-state index in [0.717, 1.165) is 24.8 Å². The molecular formula is C37H66N3O8P. The fourth-order valence-electron chi connectivity index (χ4n) is 6.11. The van der Waals surface area contributed by atoms with Crippen LogP contribution in [0.4, 0.5) is 0 Å². The fourth-order valence-corrected chi connectivity index (χ4v) is 7.27. The smallest absolute Gasteiger partial charge is 0.292 e. The number of carbonyl (C=O) groups is 4. The Bertz CT molecular complexity index is 1060. The Morgan fingerprint density at radius 3 is 2.14 bits per heavy atom. The van der Waals surface area contributed by atoms with Gasteiger partial charge >= 0.3 is 0 Å². The molecule has 49 heavy (non-hydrogen) atoms. The second-order valence-electron chi connectivity index (χ2n) is 12.6. The van der Waals surface area contributed by atoms with Crippen LogP contribution in [0.5, 0.6) is 0 Å². The van der Waals surface area contributed by atoms with E-state index in [1.807, 2.05) is 76.9 Å². The molecule has 11 nitrogen and oxygen atoms in total. The van der Waals surface area contributed by atoms with Crippen LogP contribution in [0.3, 0.4) is 0 Å². The van der Waals surface area contributed by atoms with Crippen molar-refractivity contribution >= 4 is 32.3 Å². The molecule has 0 aromatic heterocycles. The standard InChI is InChI=1S/C33H56N3O6P.C2H4O2.C2H6/c1-9-24(5)33(35(6)31(38)19-23(3)4)28(42-8)22-32(39)36-18-14-17-26(36)27(41-7)21-29(37)34-30(43(40)10-2)20-25-15-12-11-13-16-25;1-4-2-3;1-2/h11-13,15-16,23-24,26-28,30,33,40H,9-10,14,17-22H2,1-8H3,(H,34,37);2H,1H3;1-2H3. The summed E-state index contributed by atoms with van der Waals surface area (Å²) in [5, 5.41) is 3.06. The number of carbonyl (C=O) groups excluding carboxylic acids is 4. The quantitative estimate of drug-likeness (QED) is 0.140. The van der Waals surface area contributed by atoms with Gasteiger partial charge in [-0.15, -0.1) is 0 Å². The molecule has 1 heterocycles. The molecule has 0 saturated carbocycles. The maximum atomic E-state index is 13.8. The summed E-state index contributed by atoms with van der Waals surface area (Å²) < 4.78 is 15.6. The number of methoxy groups -OCH3 is 3. The summed E-state index contributed by atoms with van der Waals surface area (Å²) in [6, 6.07) is 9.37. The average Bonchev–Trinajstić information content (AvgIpc) is 3.60. The largest absolute Gasteiger partial charge is 0.471 e. The third-order valence-electron chi connectivity index (χ3n) is 8.83. The first-order valence-corrected chi connectivity index (χ1v) is 19.3. The number of rotatable bonds is 19. The number of amides is 3. The van der Waals surface area contributed by atoms with E-state index >= 15 is 0 Å². The number of likely N-dealkylation sites (N-methyl/N-ethyl adjacent to an activating group) is 1. The van der Waals surface area contributed by atoms with Crippen molar-refractivity contribution in [2.24, 2.45) is 11.8 Å². The van der Waals surface area contributed by atoms with E-state index in [-0.39, 0.29) is 60.3 Å². The zero-order chi connectivity index (χ0) is 37.5. The van der Waals surface area contributed by atoms with Crippen LogP contribution in [0.1, 0.15) is 92.6 Å². The van der Waals surface area contributed by atoms with Crippen molar-refractivity contribution in [3.05, 3.63) is 35.9 Å². The van der Waals surface area contributed by atoms with Crippen LogP contribution >= 0.6 is 8.15 Å². The van der Waals surface area contributed by atoms with Gasteiger partial charge in [-0.05, 0) is 42.8 Å². The monoisotopic (exact) mass is 711 g/mol. The van der Waals surface area contributed by atoms with Crippen LogP contribution in [-0.4, -0.2) is 110 Å². The molecule has 12 heteroatoms. The summed E-state index contributed by atoms with van der Waals surface area (Å²) in [7, 11) is 4.94. The van der Waals surface area contributed by atoms with Crippen molar-refractivity contribution < 1.29 is 38.3 Å². The van der Waals surface area contributed by atoms with E-state index in [9.17, 15) is 19.3 Å². The van der Waals surface area contributed by atoms with Gasteiger partial charge in [0.2, 0.25) is 17.7 Å². The molecule has 1 aliphatic rings. The fraction of sp³-hybridized carbons (Fsp3) is 0.730. The number of nitrogens with one attached hydrogen (secondary N) is 1. The Morgan fingerprint density at radius 1 is 1.04 bits per heavy atom. The van der Waals surface area contributed by atoms with Gasteiger partial charge in [-0.25, -0.2) is 0 Å². The van der Waals surface area contributed by atoms with Crippen LogP contribution in [0, 0.1) is 11.8 Å². The summed E-state index contributed by atoms with van der Waals surface area (Å²) in [4.78, 5) is 63.3. The van der Waals surface area contributed by atoms with Crippen molar-refractivity contribution in [2.75, 3.05) is 41.1 Å². The second-order valence-corrected chi connectivity index (χ2v) is 14.7. The summed E-state index contributed by atoms with van der Waals surface area (Å²) >= 11 is 0. The molecule has 0 spiro atoms. The second kappa shape index (κ2) is 26.3. The summed E-state index contributed by atoms with van der Waals surface area (Å²) in [6.45, 7) is 15.1. The van der Waals surface area contributed by atoms with Gasteiger partial charge < -0.3 is 34.2 Å². The average molecular weight is 712 g/mol. The Hall–Kier alpha value is -2.59. The lowest BCUT2D eigenvalue weighted by molar-refractivity contribution is -0.144. The lowest BCUT2D eigenvalue weighted by Crippen LogP contribution is -2.52. The zero-order valence-electron chi connectivity index (χ0n) is 32.0. The number of benzene rings is 1. The Balaban J connectivity index is 0.00000356. The van der Waals surface area contributed by atoms with Crippen LogP contribution in [0.2, 0.25) is 0 Å². The van der Waals surface area contributed by atoms with Gasteiger partial charge in [-0.2, -0.15) is 0 Å². The van der Waals surface area contributed by atoms with Gasteiger partial charge in [-0.1, -0.05) is 85.2 Å². The van der Waals surface area contributed by atoms with Gasteiger partial charge in [-0.3, -0.25) is 19.2 Å². The Labute approximate surface area is 297 Å². The molecule has 0 bridgehead atoms. The van der Waals surface area contributed by atoms with Crippen LogP contribution in [0.25, 0.3) is 0 Å². The van der Waals surface area contributed by atoms with Crippen LogP contribution in [-0.2, 0) is 39.8 Å². The lowest BCUT2D eigenvalue weighted by Gasteiger charge is -2.39. The predicted molar refractivity (Wildman–Crippen MR) is 197 cm³/mol. The minimum atomic E-state index is -1.38. The highest BCUT2D eigenvalue weighted by Crippen LogP contribution is 2.36. The highest BCUT2D eigenvalue weighted by molar-refractivity contribution is 7.52. The molecule has 1 aromatic rings. The maximum Gasteiger partial charge on any atom is 0.292 e. The van der Waals surface area contributed by atoms with E-state index in [1.54, 1.807) is 19.1 Å². The number of hydrogen-bond donors (Lipinski definition) is 2. The first-order chi connectivity index (χ1) is 23.4. The van der Waals surface area contributed by atoms with Crippen molar-refractivity contribution in [3.63, 3.8) is 0 Å². The van der Waals surface area contributed by atoms with Crippen molar-refractivity contribution in [1.29, 1.82) is 0 Å². The molecule has 0 aliphatic carbocycles. The van der Waals surface area contributed by atoms with Crippen molar-refractivity contribution in [1.82, 2.24) is 15.1 Å². The van der Waals surface area contributed by atoms with Gasteiger partial charge in [0, 0.05) is 42.4 Å². The molecule has 3 amide bonds. The van der Waals surface area contributed by atoms with E-state index in [2.05, 4.69) is 23.9 Å². The number of hydrogen-bond acceptors (Lipinski definition) is 8. The molecule has 7 unspecified atom stereocenters. The minimum Gasteiger partial charge on any atom is -0.471 e. The molecule has 7 atom stereocenters. The van der Waals surface area contributed by atoms with Gasteiger partial charge in [0.15, 0.2) is 0 Å². The number of likely N-dealkylation sites (tertiary alicyclic amines) is 1. The van der Waals surface area contributed by atoms with Crippen molar-refractivity contribution in [3.8, 4) is 0 Å². The predicted octanol–water partition coefficient (Wildman–Crippen LogP) is 5.62. The normalized spacial score (nSPS) is 17.6. The van der Waals surface area contributed by atoms with Crippen LogP contribution < -0.4 is 5.32 Å². The summed E-state index contributed by atoms with van der Waals surface area (Å²) in [6.07, 6.45) is 3.32. The van der Waals surface area contributed by atoms with Gasteiger partial charge in [0.1, 0.15) is 0 Å². The minimum absolute atomic E-state index is 0.0540. The van der Waals surface area contributed by atoms with E-state index in [4.69, 9.17) is 14.3 Å². The zero-order valence-corrected chi connectivity index (χ0v) is 32.9. The molecule has 2 rings (SSSR count). The molecular weight excluding hydrogens is 645 g/mol. The molecule has 0 radical (unpaired) electrons. The first kappa shape index (κ1) is 46.4. The molecule has 1 aliphatic heterocycles. The third-order valence-corrected chi connectivity index (χ3v) is 10.5. The molecule has 282 valence electrons. The number of ether oxygens (including phenoxy) is 3. The SMILES string of the molecule is CC.CCC(C)C(C(CC(=O)N1CCCC1C(CC(=O)NC(Cc1ccccc1)P(O)CC)OC)OC)N(C)C(=O)CC(C)C.COC=O. The van der Waals surface area contributed by atoms with Gasteiger partial charge in [0.05, 0.1) is 50.0 Å². The van der Waals surface area contributed by atoms with Crippen molar-refractivity contribution in [2.45, 2.75) is 123 Å². The summed E-state index contributed by atoms with van der Waals surface area (Å²) in [5.74, 6) is -0.166. The van der Waals surface area contributed by atoms with E-state index < -0.39 is 20.4 Å². The topological polar surface area (TPSA) is 135 Å². The van der Waals surface area contributed by atoms with Crippen LogP contribution in [0.15, 0.2) is 30.3 Å². The third kappa shape index (κ3) is 16.3. The molecule has 1 saturated heterocycles. The highest BCUT2D eigenvalue weighted by Gasteiger charge is 2.40. The number of nitrogens with zero attached hydrogens (tertiary/aromatic N) is 2. The summed E-state index contributed by atoms with van der Waals surface area (Å²) in [5.41, 5.74) is 1.05. The molecule has 1 fully saturated rings. The maximum absolute atomic E-state index is 13.8. The van der Waals surface area contributed by atoms with Gasteiger partial charge in [0.25, 0.3) is 6.47 Å². The Kier molecular flexibility index (Phi) is 24.9. The molecule has 1 aromatic carbocycles. The first-order valence-electron chi connectivity index (χ1n) is 17.7. The Morgan fingerprint density at radius 2 is 1.65 bits per heavy atom. The van der Waals surface area contributed by atoms with E-state index in [0.29, 0.717) is 32.0 Å².